The van der Waals surface area contributed by atoms with Gasteiger partial charge in [0.25, 0.3) is 21.9 Å². The van der Waals surface area contributed by atoms with E-state index in [9.17, 15) is 27.9 Å². The summed E-state index contributed by atoms with van der Waals surface area (Å²) in [4.78, 5) is 38.6. The number of carbonyl (C=O) groups excluding carboxylic acids is 2. The van der Waals surface area contributed by atoms with Gasteiger partial charge in [-0.25, -0.2) is 4.79 Å². The molecule has 1 heterocycles. The second-order valence-corrected chi connectivity index (χ2v) is 12.6. The van der Waals surface area contributed by atoms with Crippen LogP contribution in [-0.4, -0.2) is 56.0 Å². The average Bonchev–Trinajstić information content (AvgIpc) is 3.35. The van der Waals surface area contributed by atoms with Crippen LogP contribution in [0.3, 0.4) is 0 Å². The van der Waals surface area contributed by atoms with Crippen LogP contribution < -0.4 is 16.4 Å². The van der Waals surface area contributed by atoms with E-state index >= 15 is 0 Å². The maximum atomic E-state index is 13.1. The predicted octanol–water partition coefficient (Wildman–Crippen LogP) is 3.77. The molecule has 0 aliphatic heterocycles. The second kappa shape index (κ2) is 12.0. The number of carboxylic acid groups (broad SMARTS) is 1. The number of anilines is 1. The van der Waals surface area contributed by atoms with Crippen LogP contribution in [0.5, 0.6) is 0 Å². The van der Waals surface area contributed by atoms with E-state index in [1.54, 1.807) is 56.5 Å². The van der Waals surface area contributed by atoms with Gasteiger partial charge in [-0.15, -0.1) is 11.3 Å². The minimum atomic E-state index is -3.74. The molecule has 2 amide bonds. The van der Waals surface area contributed by atoms with Gasteiger partial charge in [0.05, 0.1) is 24.5 Å². The standard InChI is InChI=1S/C27H30N4O7S2/c1-27(2,3)21(14-38-40(4,36)37)31-24(32)16-7-10-18(20(13-16)26(34)35)19-11-12-39-22(19)25(33)30-17-8-5-15(6-9-17)23(28)29/h5-13,21H,14H2,1-4H3,(H3,28,29)(H,30,33)(H,31,32)(H,34,35)/t21-/m1/s1. The van der Waals surface area contributed by atoms with Crippen molar-refractivity contribution < 1.29 is 32.1 Å². The summed E-state index contributed by atoms with van der Waals surface area (Å²) >= 11 is 1.13. The molecule has 0 aliphatic carbocycles. The van der Waals surface area contributed by atoms with Crippen molar-refractivity contribution in [1.29, 1.82) is 5.41 Å². The zero-order chi connectivity index (χ0) is 29.8. The SMILES string of the molecule is CC(C)(C)[C@@H](COS(C)(=O)=O)NC(=O)c1ccc(-c2ccsc2C(=O)Nc2ccc(C(=N)N)cc2)c(C(=O)O)c1. The van der Waals surface area contributed by atoms with Gasteiger partial charge < -0.3 is 21.5 Å². The lowest BCUT2D eigenvalue weighted by Gasteiger charge is -2.31. The molecule has 3 aromatic rings. The molecule has 6 N–H and O–H groups in total. The Morgan fingerprint density at radius 1 is 1.02 bits per heavy atom. The molecular weight excluding hydrogens is 556 g/mol. The fourth-order valence-corrected chi connectivity index (χ4v) is 4.84. The molecule has 40 heavy (non-hydrogen) atoms. The number of carboxylic acids is 1. The van der Waals surface area contributed by atoms with Gasteiger partial charge in [0, 0.05) is 22.4 Å². The van der Waals surface area contributed by atoms with Crippen molar-refractivity contribution in [3.05, 3.63) is 75.5 Å². The normalized spacial score (nSPS) is 12.4. The molecule has 0 fully saturated rings. The van der Waals surface area contributed by atoms with E-state index in [4.69, 9.17) is 15.3 Å². The first-order valence-electron chi connectivity index (χ1n) is 11.9. The number of nitrogens with two attached hydrogens (primary N) is 1. The second-order valence-electron chi connectivity index (χ2n) is 10.1. The molecule has 0 bridgehead atoms. The maximum absolute atomic E-state index is 13.1. The first-order chi connectivity index (χ1) is 18.6. The number of nitrogens with one attached hydrogen (secondary N) is 3. The lowest BCUT2D eigenvalue weighted by atomic mass is 9.87. The minimum absolute atomic E-state index is 0.0431. The molecule has 3 rings (SSSR count). The Bertz CT molecular complexity index is 1560. The fraction of sp³-hybridized carbons (Fsp3) is 0.259. The molecule has 2 aromatic carbocycles. The monoisotopic (exact) mass is 586 g/mol. The number of thiophene rings is 1. The molecular formula is C27H30N4O7S2. The van der Waals surface area contributed by atoms with E-state index in [0.29, 0.717) is 16.8 Å². The summed E-state index contributed by atoms with van der Waals surface area (Å²) in [6.07, 6.45) is 0.912. The van der Waals surface area contributed by atoms with E-state index < -0.39 is 39.4 Å². The molecule has 1 aromatic heterocycles. The van der Waals surface area contributed by atoms with Crippen LogP contribution in [0.2, 0.25) is 0 Å². The molecule has 0 spiro atoms. The fourth-order valence-electron chi connectivity index (χ4n) is 3.66. The van der Waals surface area contributed by atoms with Gasteiger partial charge in [-0.05, 0) is 58.8 Å². The van der Waals surface area contributed by atoms with E-state index in [-0.39, 0.29) is 34.0 Å². The van der Waals surface area contributed by atoms with Crippen LogP contribution >= 0.6 is 11.3 Å². The van der Waals surface area contributed by atoms with Crippen LogP contribution in [-0.2, 0) is 14.3 Å². The summed E-state index contributed by atoms with van der Waals surface area (Å²) in [5, 5.41) is 24.6. The van der Waals surface area contributed by atoms with E-state index in [1.165, 1.54) is 18.2 Å². The van der Waals surface area contributed by atoms with Crippen molar-refractivity contribution in [2.24, 2.45) is 11.1 Å². The molecule has 0 saturated heterocycles. The topological polar surface area (TPSA) is 189 Å². The number of benzene rings is 2. The summed E-state index contributed by atoms with van der Waals surface area (Å²) in [5.41, 5.74) is 6.34. The third kappa shape index (κ3) is 7.74. The highest BCUT2D eigenvalue weighted by atomic mass is 32.2. The largest absolute Gasteiger partial charge is 0.478 e. The zero-order valence-corrected chi connectivity index (χ0v) is 23.9. The molecule has 1 atom stereocenters. The highest BCUT2D eigenvalue weighted by Gasteiger charge is 2.29. The van der Waals surface area contributed by atoms with Crippen molar-refractivity contribution in [2.45, 2.75) is 26.8 Å². The summed E-state index contributed by atoms with van der Waals surface area (Å²) in [6, 6.07) is 11.4. The number of amides is 2. The van der Waals surface area contributed by atoms with Gasteiger partial charge in [0.2, 0.25) is 0 Å². The molecule has 13 heteroatoms. The quantitative estimate of drug-likeness (QED) is 0.135. The Labute approximate surface area is 236 Å². The predicted molar refractivity (Wildman–Crippen MR) is 154 cm³/mol. The molecule has 0 unspecified atom stereocenters. The third-order valence-corrected chi connectivity index (χ3v) is 7.40. The summed E-state index contributed by atoms with van der Waals surface area (Å²) in [7, 11) is -3.74. The van der Waals surface area contributed by atoms with E-state index in [1.807, 2.05) is 0 Å². The number of hydrogen-bond acceptors (Lipinski definition) is 8. The number of rotatable bonds is 10. The lowest BCUT2D eigenvalue weighted by molar-refractivity contribution is 0.0697. The Morgan fingerprint density at radius 3 is 2.20 bits per heavy atom. The highest BCUT2D eigenvalue weighted by molar-refractivity contribution is 7.85. The van der Waals surface area contributed by atoms with Crippen molar-refractivity contribution in [1.82, 2.24) is 5.32 Å². The lowest BCUT2D eigenvalue weighted by Crippen LogP contribution is -2.47. The van der Waals surface area contributed by atoms with Crippen molar-refractivity contribution in [3.8, 4) is 11.1 Å². The van der Waals surface area contributed by atoms with Gasteiger partial charge in [0.1, 0.15) is 10.7 Å². The average molecular weight is 587 g/mol. The molecule has 212 valence electrons. The minimum Gasteiger partial charge on any atom is -0.478 e. The summed E-state index contributed by atoms with van der Waals surface area (Å²) in [6.45, 7) is 5.12. The molecule has 0 radical (unpaired) electrons. The zero-order valence-electron chi connectivity index (χ0n) is 22.3. The smallest absolute Gasteiger partial charge is 0.336 e. The van der Waals surface area contributed by atoms with Gasteiger partial charge >= 0.3 is 5.97 Å². The molecule has 0 aliphatic rings. The number of aromatic carboxylic acids is 1. The van der Waals surface area contributed by atoms with Crippen LogP contribution in [0.1, 0.15) is 56.7 Å². The van der Waals surface area contributed by atoms with Gasteiger partial charge in [-0.3, -0.25) is 19.2 Å². The molecule has 0 saturated carbocycles. The van der Waals surface area contributed by atoms with Crippen molar-refractivity contribution >= 4 is 50.8 Å². The Balaban J connectivity index is 1.88. The summed E-state index contributed by atoms with van der Waals surface area (Å²) < 4.78 is 27.8. The van der Waals surface area contributed by atoms with Gasteiger partial charge in [-0.1, -0.05) is 26.8 Å². The van der Waals surface area contributed by atoms with E-state index in [2.05, 4.69) is 10.6 Å². The van der Waals surface area contributed by atoms with Crippen LogP contribution in [0, 0.1) is 10.8 Å². The van der Waals surface area contributed by atoms with Crippen LogP contribution in [0.15, 0.2) is 53.9 Å². The van der Waals surface area contributed by atoms with Gasteiger partial charge in [-0.2, -0.15) is 8.42 Å². The van der Waals surface area contributed by atoms with Gasteiger partial charge in [0.15, 0.2) is 0 Å². The van der Waals surface area contributed by atoms with E-state index in [0.717, 1.165) is 17.6 Å². The van der Waals surface area contributed by atoms with Crippen LogP contribution in [0.4, 0.5) is 5.69 Å². The highest BCUT2D eigenvalue weighted by Crippen LogP contribution is 2.33. The first kappa shape index (κ1) is 30.5. The summed E-state index contributed by atoms with van der Waals surface area (Å²) in [5.74, 6) is -2.47. The number of nitrogen functional groups attached to an aromatic ring is 1. The number of amidine groups is 1. The maximum Gasteiger partial charge on any atom is 0.336 e. The Morgan fingerprint density at radius 2 is 1.65 bits per heavy atom. The Hall–Kier alpha value is -4.07. The third-order valence-electron chi connectivity index (χ3n) is 5.93. The number of carbonyl (C=O) groups is 3. The molecule has 11 nitrogen and oxygen atoms in total. The number of hydrogen-bond donors (Lipinski definition) is 5. The Kier molecular flexibility index (Phi) is 9.13. The van der Waals surface area contributed by atoms with Crippen LogP contribution in [0.25, 0.3) is 11.1 Å². The van der Waals surface area contributed by atoms with Crippen molar-refractivity contribution in [3.63, 3.8) is 0 Å². The van der Waals surface area contributed by atoms with Crippen molar-refractivity contribution in [2.75, 3.05) is 18.2 Å². The first-order valence-corrected chi connectivity index (χ1v) is 14.6.